The lowest BCUT2D eigenvalue weighted by Gasteiger charge is -2.37. The normalized spacial score (nSPS) is 16.3. The van der Waals surface area contributed by atoms with Crippen molar-refractivity contribution in [2.75, 3.05) is 51.8 Å². The second-order valence-corrected chi connectivity index (χ2v) is 7.13. The molecule has 6 nitrogen and oxygen atoms in total. The molecule has 1 fully saturated rings. The van der Waals surface area contributed by atoms with Crippen molar-refractivity contribution in [3.8, 4) is 11.5 Å². The van der Waals surface area contributed by atoms with Crippen LogP contribution < -0.4 is 14.4 Å². The molecule has 0 unspecified atom stereocenters. The molecule has 2 N–H and O–H groups in total. The van der Waals surface area contributed by atoms with E-state index in [1.165, 1.54) is 0 Å². The maximum absolute atomic E-state index is 10.9. The third kappa shape index (κ3) is 3.66. The van der Waals surface area contributed by atoms with Crippen molar-refractivity contribution in [1.29, 1.82) is 0 Å². The number of para-hydroxylation sites is 2. The lowest BCUT2D eigenvalue weighted by molar-refractivity contribution is 0.110. The highest BCUT2D eigenvalue weighted by atomic mass is 16.5. The van der Waals surface area contributed by atoms with Gasteiger partial charge in [-0.15, -0.1) is 0 Å². The summed E-state index contributed by atoms with van der Waals surface area (Å²) in [7, 11) is 3.37. The number of ether oxygens (including phenoxy) is 2. The first-order chi connectivity index (χ1) is 13.7. The van der Waals surface area contributed by atoms with Crippen LogP contribution in [0.5, 0.6) is 11.5 Å². The van der Waals surface area contributed by atoms with Crippen LogP contribution in [0.15, 0.2) is 48.7 Å². The Kier molecular flexibility index (Phi) is 5.41. The van der Waals surface area contributed by atoms with E-state index in [1.54, 1.807) is 14.2 Å². The molecule has 1 aliphatic heterocycles. The molecule has 1 aromatic heterocycles. The van der Waals surface area contributed by atoms with E-state index < -0.39 is 6.10 Å². The van der Waals surface area contributed by atoms with Gasteiger partial charge in [0, 0.05) is 55.4 Å². The Morgan fingerprint density at radius 3 is 2.57 bits per heavy atom. The molecule has 0 bridgehead atoms. The number of aromatic amines is 1. The zero-order valence-electron chi connectivity index (χ0n) is 16.4. The van der Waals surface area contributed by atoms with Gasteiger partial charge in [0.25, 0.3) is 0 Å². The van der Waals surface area contributed by atoms with Gasteiger partial charge < -0.3 is 24.5 Å². The van der Waals surface area contributed by atoms with Crippen LogP contribution in [0.2, 0.25) is 0 Å². The van der Waals surface area contributed by atoms with Crippen molar-refractivity contribution in [2.24, 2.45) is 0 Å². The molecular weight excluding hydrogens is 354 g/mol. The molecule has 6 heteroatoms. The number of aliphatic hydroxyl groups excluding tert-OH is 1. The number of piperazine rings is 1. The SMILES string of the molecule is COc1ccc2[nH]cc([C@@H](O)CN3CCN(c4ccccc4OC)CC3)c2c1. The molecular formula is C22H27N3O3. The summed E-state index contributed by atoms with van der Waals surface area (Å²) in [6.45, 7) is 4.25. The molecule has 0 amide bonds. The van der Waals surface area contributed by atoms with Crippen molar-refractivity contribution >= 4 is 16.6 Å². The standard InChI is InChI=1S/C22H27N3O3/c1-27-16-7-8-19-17(13-16)18(14-23-19)21(26)15-24-9-11-25(12-10-24)20-5-3-4-6-22(20)28-2/h3-8,13-14,21,23,26H,9-12,15H2,1-2H3/t21-/m0/s1. The van der Waals surface area contributed by atoms with E-state index in [1.807, 2.05) is 42.6 Å². The summed E-state index contributed by atoms with van der Waals surface area (Å²) >= 11 is 0. The third-order valence-electron chi connectivity index (χ3n) is 5.51. The highest BCUT2D eigenvalue weighted by Crippen LogP contribution is 2.30. The summed E-state index contributed by atoms with van der Waals surface area (Å²) in [5, 5.41) is 11.9. The first-order valence-corrected chi connectivity index (χ1v) is 9.63. The number of hydrogen-bond donors (Lipinski definition) is 2. The van der Waals surface area contributed by atoms with Gasteiger partial charge in [0.05, 0.1) is 26.0 Å². The maximum Gasteiger partial charge on any atom is 0.142 e. The number of hydrogen-bond acceptors (Lipinski definition) is 5. The van der Waals surface area contributed by atoms with Gasteiger partial charge in [-0.2, -0.15) is 0 Å². The van der Waals surface area contributed by atoms with E-state index in [9.17, 15) is 5.11 Å². The van der Waals surface area contributed by atoms with Crippen molar-refractivity contribution in [2.45, 2.75) is 6.10 Å². The molecule has 0 radical (unpaired) electrons. The maximum atomic E-state index is 10.9. The second-order valence-electron chi connectivity index (χ2n) is 7.13. The van der Waals surface area contributed by atoms with Gasteiger partial charge in [-0.05, 0) is 30.3 Å². The zero-order valence-corrected chi connectivity index (χ0v) is 16.4. The van der Waals surface area contributed by atoms with Gasteiger partial charge in [0.15, 0.2) is 0 Å². The van der Waals surface area contributed by atoms with E-state index in [-0.39, 0.29) is 0 Å². The fourth-order valence-electron chi connectivity index (χ4n) is 3.93. The lowest BCUT2D eigenvalue weighted by Crippen LogP contribution is -2.47. The Labute approximate surface area is 165 Å². The summed E-state index contributed by atoms with van der Waals surface area (Å²) in [4.78, 5) is 7.90. The number of aliphatic hydroxyl groups is 1. The molecule has 2 heterocycles. The van der Waals surface area contributed by atoms with Crippen LogP contribution in [0, 0.1) is 0 Å². The van der Waals surface area contributed by atoms with Crippen LogP contribution in [-0.2, 0) is 0 Å². The first-order valence-electron chi connectivity index (χ1n) is 9.63. The van der Waals surface area contributed by atoms with Crippen molar-refractivity contribution < 1.29 is 14.6 Å². The minimum Gasteiger partial charge on any atom is -0.497 e. The fourth-order valence-corrected chi connectivity index (χ4v) is 3.93. The van der Waals surface area contributed by atoms with Gasteiger partial charge in [-0.1, -0.05) is 12.1 Å². The molecule has 3 aromatic rings. The Morgan fingerprint density at radius 1 is 1.04 bits per heavy atom. The molecule has 0 spiro atoms. The average molecular weight is 381 g/mol. The van der Waals surface area contributed by atoms with Crippen molar-refractivity contribution in [3.63, 3.8) is 0 Å². The fraction of sp³-hybridized carbons (Fsp3) is 0.364. The third-order valence-corrected chi connectivity index (χ3v) is 5.51. The minimum atomic E-state index is -0.543. The van der Waals surface area contributed by atoms with E-state index >= 15 is 0 Å². The van der Waals surface area contributed by atoms with Crippen LogP contribution in [0.25, 0.3) is 10.9 Å². The Balaban J connectivity index is 1.41. The molecule has 148 valence electrons. The molecule has 1 saturated heterocycles. The lowest BCUT2D eigenvalue weighted by atomic mass is 10.1. The van der Waals surface area contributed by atoms with E-state index in [2.05, 4.69) is 20.9 Å². The highest BCUT2D eigenvalue weighted by molar-refractivity contribution is 5.85. The monoisotopic (exact) mass is 381 g/mol. The molecule has 1 atom stereocenters. The van der Waals surface area contributed by atoms with E-state index in [0.29, 0.717) is 6.54 Å². The number of fused-ring (bicyclic) bond motifs is 1. The largest absolute Gasteiger partial charge is 0.497 e. The van der Waals surface area contributed by atoms with Crippen LogP contribution in [-0.4, -0.2) is 61.9 Å². The molecule has 0 saturated carbocycles. The number of aromatic nitrogens is 1. The Hall–Kier alpha value is -2.70. The molecule has 0 aliphatic carbocycles. The van der Waals surface area contributed by atoms with Gasteiger partial charge in [-0.3, -0.25) is 4.90 Å². The number of nitrogens with one attached hydrogen (secondary N) is 1. The van der Waals surface area contributed by atoms with Crippen molar-refractivity contribution in [1.82, 2.24) is 9.88 Å². The molecule has 1 aliphatic rings. The Morgan fingerprint density at radius 2 is 1.82 bits per heavy atom. The summed E-state index contributed by atoms with van der Waals surface area (Å²) < 4.78 is 10.8. The smallest absolute Gasteiger partial charge is 0.142 e. The summed E-state index contributed by atoms with van der Waals surface area (Å²) in [6.07, 6.45) is 1.36. The van der Waals surface area contributed by atoms with Gasteiger partial charge in [-0.25, -0.2) is 0 Å². The number of β-amino-alcohol motifs (C(OH)–C–C–N with tert-alkyl or cyclic N) is 1. The van der Waals surface area contributed by atoms with Crippen LogP contribution >= 0.6 is 0 Å². The number of benzene rings is 2. The highest BCUT2D eigenvalue weighted by Gasteiger charge is 2.23. The van der Waals surface area contributed by atoms with Crippen molar-refractivity contribution in [3.05, 3.63) is 54.2 Å². The van der Waals surface area contributed by atoms with Crippen LogP contribution in [0.4, 0.5) is 5.69 Å². The predicted molar refractivity (Wildman–Crippen MR) is 111 cm³/mol. The minimum absolute atomic E-state index is 0.543. The summed E-state index contributed by atoms with van der Waals surface area (Å²) in [5.74, 6) is 1.70. The predicted octanol–water partition coefficient (Wildman–Crippen LogP) is 3.04. The first kappa shape index (κ1) is 18.7. The van der Waals surface area contributed by atoms with E-state index in [0.717, 1.165) is 59.8 Å². The number of anilines is 1. The number of rotatable bonds is 6. The molecule has 4 rings (SSSR count). The molecule has 28 heavy (non-hydrogen) atoms. The van der Waals surface area contributed by atoms with Gasteiger partial charge >= 0.3 is 0 Å². The second kappa shape index (κ2) is 8.12. The summed E-state index contributed by atoms with van der Waals surface area (Å²) in [5.41, 5.74) is 3.06. The number of methoxy groups -OCH3 is 2. The van der Waals surface area contributed by atoms with Gasteiger partial charge in [0.1, 0.15) is 11.5 Å². The summed E-state index contributed by atoms with van der Waals surface area (Å²) in [6, 6.07) is 14.0. The Bertz CT molecular complexity index is 932. The van der Waals surface area contributed by atoms with Crippen LogP contribution in [0.3, 0.4) is 0 Å². The molecule has 2 aromatic carbocycles. The van der Waals surface area contributed by atoms with Gasteiger partial charge in [0.2, 0.25) is 0 Å². The number of nitrogens with zero attached hydrogens (tertiary/aromatic N) is 2. The zero-order chi connectivity index (χ0) is 19.5. The topological polar surface area (TPSA) is 61.0 Å². The average Bonchev–Trinajstić information content (AvgIpc) is 3.17. The van der Waals surface area contributed by atoms with Crippen LogP contribution in [0.1, 0.15) is 11.7 Å². The van der Waals surface area contributed by atoms with E-state index in [4.69, 9.17) is 9.47 Å². The quantitative estimate of drug-likeness (QED) is 0.687. The number of H-pyrrole nitrogens is 1.